The molecular weight excluding hydrogens is 1670 g/mol. The SMILES string of the molecule is c1ccc(-c2ccc(-c3ccccc3)c(-n3c4ccccc4c4c5c6ccccc6n(-c6cccc7c6sc6ccccc67)c5ccc43)n2)cc1.c1ccc(-c2cccc(-n3c4ccccc4c4c5c6ccccc6n(-c6cccc7c6oc6ccccc67)c5ccc43)n2)cc1.c1ccc(-n2c3ccccc3c3c4c5ccccc5n(-c5cccc6c5oc5ccccc56)c4ccc32)nc1. The van der Waals surface area contributed by atoms with Crippen molar-refractivity contribution in [2.75, 3.05) is 0 Å². The van der Waals surface area contributed by atoms with E-state index in [9.17, 15) is 0 Å². The van der Waals surface area contributed by atoms with Crippen molar-refractivity contribution in [2.45, 2.75) is 0 Å². The summed E-state index contributed by atoms with van der Waals surface area (Å²) in [6.07, 6.45) is 1.86. The van der Waals surface area contributed by atoms with E-state index in [0.29, 0.717) is 0 Å². The molecular formula is C123H75N9O2S. The van der Waals surface area contributed by atoms with Crippen LogP contribution in [0.3, 0.4) is 0 Å². The van der Waals surface area contributed by atoms with Gasteiger partial charge in [-0.3, -0.25) is 13.7 Å². The molecule has 0 saturated carbocycles. The summed E-state index contributed by atoms with van der Waals surface area (Å²) in [6.45, 7) is 0. The fourth-order valence-electron chi connectivity index (χ4n) is 21.8. The Balaban J connectivity index is 0.000000101. The molecule has 0 N–H and O–H groups in total. The number of furan rings is 2. The van der Waals surface area contributed by atoms with Gasteiger partial charge in [-0.25, -0.2) is 15.0 Å². The van der Waals surface area contributed by atoms with Gasteiger partial charge in [0.15, 0.2) is 11.2 Å². The Labute approximate surface area is 775 Å². The lowest BCUT2D eigenvalue weighted by Crippen LogP contribution is -2.02. The van der Waals surface area contributed by atoms with Crippen LogP contribution in [0.5, 0.6) is 0 Å². The van der Waals surface area contributed by atoms with Crippen LogP contribution in [0.1, 0.15) is 0 Å². The molecule has 0 fully saturated rings. The third-order valence-electron chi connectivity index (χ3n) is 27.4. The second kappa shape index (κ2) is 30.3. The molecule has 18 aromatic carbocycles. The first-order valence-electron chi connectivity index (χ1n) is 45.7. The smallest absolute Gasteiger partial charge is 0.159 e. The fourth-order valence-corrected chi connectivity index (χ4v) is 23.0. The molecule has 0 atom stereocenters. The second-order valence-electron chi connectivity index (χ2n) is 34.7. The topological polar surface area (TPSA) is 94.5 Å². The summed E-state index contributed by atoms with van der Waals surface area (Å²) in [7, 11) is 0. The standard InChI is InChI=1S/C47H29N3S.C41H25N3O.C35H21N3O/c1-3-14-30(15-4-1)32-26-27-37(31-16-5-2-6-17-31)48-47(32)50-39-23-11-8-20-36(39)45-41(50)29-28-40-44(45)35-19-7-10-22-38(35)49(40)42-24-13-21-34-33-18-9-12-25-43(33)51-46(34)42;1-2-12-26(13-3-1)31-18-11-23-38(42-31)44-33-20-8-5-16-30(33)40-35(44)25-24-34-39(40)29-15-4-7-19-32(29)43(34)36-21-10-17-28-27-14-6-9-22-37(27)45-41(28)36;1-4-14-26-24(11-1)33-28(37(26)30-16-9-13-23-22-10-3-6-17-31(22)39-35(23)30)19-20-29-34(33)25-12-2-5-15-27(25)38(29)32-18-7-8-21-36-32/h1-29H;1-25H;1-21H. The third kappa shape index (κ3) is 11.6. The van der Waals surface area contributed by atoms with Gasteiger partial charge in [0.1, 0.15) is 28.6 Å². The average molecular weight is 1740 g/mol. The molecule has 0 saturated heterocycles. The molecule has 0 aliphatic heterocycles. The molecule has 0 aliphatic rings. The van der Waals surface area contributed by atoms with Gasteiger partial charge in [-0.2, -0.15) is 0 Å². The monoisotopic (exact) mass is 1740 g/mol. The lowest BCUT2D eigenvalue weighted by Gasteiger charge is -2.15. The summed E-state index contributed by atoms with van der Waals surface area (Å²) in [4.78, 5) is 15.4. The van der Waals surface area contributed by atoms with Crippen molar-refractivity contribution >= 4 is 206 Å². The summed E-state index contributed by atoms with van der Waals surface area (Å²) < 4.78 is 29.8. The number of fused-ring (bicyclic) bond motifs is 30. The molecule has 30 aromatic rings. The molecule has 30 rings (SSSR count). The predicted molar refractivity (Wildman–Crippen MR) is 562 cm³/mol. The predicted octanol–water partition coefficient (Wildman–Crippen LogP) is 33.0. The molecule has 11 nitrogen and oxygen atoms in total. The van der Waals surface area contributed by atoms with E-state index in [4.69, 9.17) is 23.8 Å². The summed E-state index contributed by atoms with van der Waals surface area (Å²) in [6, 6.07) is 159. The van der Waals surface area contributed by atoms with Crippen molar-refractivity contribution in [1.82, 2.24) is 42.4 Å². The summed E-state index contributed by atoms with van der Waals surface area (Å²) in [5.74, 6) is 2.74. The Morgan fingerprint density at radius 3 is 1.00 bits per heavy atom. The first-order valence-corrected chi connectivity index (χ1v) is 46.5. The highest BCUT2D eigenvalue weighted by Gasteiger charge is 2.29. The van der Waals surface area contributed by atoms with E-state index in [-0.39, 0.29) is 0 Å². The van der Waals surface area contributed by atoms with E-state index in [2.05, 4.69) is 434 Å². The molecule has 12 heteroatoms. The van der Waals surface area contributed by atoms with Crippen LogP contribution in [-0.2, 0) is 0 Å². The van der Waals surface area contributed by atoms with Crippen LogP contribution in [0.15, 0.2) is 464 Å². The van der Waals surface area contributed by atoms with Crippen molar-refractivity contribution in [1.29, 1.82) is 0 Å². The van der Waals surface area contributed by atoms with E-state index in [1.165, 1.54) is 102 Å². The number of aromatic nitrogens is 9. The molecule has 0 bridgehead atoms. The molecule has 630 valence electrons. The number of thiophene rings is 1. The zero-order valence-electron chi connectivity index (χ0n) is 72.6. The van der Waals surface area contributed by atoms with Gasteiger partial charge in [-0.05, 0) is 151 Å². The molecule has 12 aromatic heterocycles. The Morgan fingerprint density at radius 1 is 0.200 bits per heavy atom. The minimum absolute atomic E-state index is 0.894. The largest absolute Gasteiger partial charge is 0.454 e. The average Bonchev–Trinajstić information content (AvgIpc) is 1.54. The van der Waals surface area contributed by atoms with Gasteiger partial charge >= 0.3 is 0 Å². The first-order chi connectivity index (χ1) is 67.1. The number of pyridine rings is 3. The van der Waals surface area contributed by atoms with E-state index >= 15 is 0 Å². The van der Waals surface area contributed by atoms with Gasteiger partial charge in [0, 0.05) is 125 Å². The zero-order valence-corrected chi connectivity index (χ0v) is 73.4. The Bertz CT molecular complexity index is 10100. The van der Waals surface area contributed by atoms with Gasteiger partial charge in [0.25, 0.3) is 0 Å². The zero-order chi connectivity index (χ0) is 88.5. The van der Waals surface area contributed by atoms with Crippen LogP contribution in [0.2, 0.25) is 0 Å². The third-order valence-corrected chi connectivity index (χ3v) is 28.7. The molecule has 0 unspecified atom stereocenters. The quantitative estimate of drug-likeness (QED) is 0.143. The normalized spacial score (nSPS) is 12.0. The minimum atomic E-state index is 0.894. The fraction of sp³-hybridized carbons (Fsp3) is 0. The van der Waals surface area contributed by atoms with Gasteiger partial charge in [-0.1, -0.05) is 303 Å². The van der Waals surface area contributed by atoms with Crippen LogP contribution < -0.4 is 0 Å². The molecule has 0 aliphatic carbocycles. The van der Waals surface area contributed by atoms with Gasteiger partial charge in [0.2, 0.25) is 0 Å². The number of hydrogen-bond acceptors (Lipinski definition) is 6. The van der Waals surface area contributed by atoms with Crippen LogP contribution >= 0.6 is 11.3 Å². The highest BCUT2D eigenvalue weighted by Crippen LogP contribution is 2.51. The van der Waals surface area contributed by atoms with Gasteiger partial charge in [-0.15, -0.1) is 11.3 Å². The van der Waals surface area contributed by atoms with Crippen LogP contribution in [-0.4, -0.2) is 42.4 Å². The number of nitrogens with zero attached hydrogens (tertiary/aromatic N) is 9. The van der Waals surface area contributed by atoms with E-state index in [1.807, 2.05) is 60.0 Å². The highest BCUT2D eigenvalue weighted by molar-refractivity contribution is 7.26. The lowest BCUT2D eigenvalue weighted by atomic mass is 10.0. The molecule has 135 heavy (non-hydrogen) atoms. The minimum Gasteiger partial charge on any atom is -0.454 e. The van der Waals surface area contributed by atoms with Crippen molar-refractivity contribution in [3.05, 3.63) is 455 Å². The maximum atomic E-state index is 6.54. The molecule has 0 spiro atoms. The van der Waals surface area contributed by atoms with E-state index < -0.39 is 0 Å². The van der Waals surface area contributed by atoms with Crippen molar-refractivity contribution in [3.63, 3.8) is 0 Å². The molecule has 12 heterocycles. The molecule has 0 amide bonds. The summed E-state index contributed by atoms with van der Waals surface area (Å²) in [5, 5.41) is 21.9. The van der Waals surface area contributed by atoms with Crippen molar-refractivity contribution in [2.24, 2.45) is 0 Å². The van der Waals surface area contributed by atoms with Crippen LogP contribution in [0.25, 0.3) is 263 Å². The Kier molecular flexibility index (Phi) is 17.1. The molecule has 0 radical (unpaired) electrons. The van der Waals surface area contributed by atoms with E-state index in [0.717, 1.165) is 162 Å². The van der Waals surface area contributed by atoms with Crippen molar-refractivity contribution in [3.8, 4) is 68.2 Å². The van der Waals surface area contributed by atoms with E-state index in [1.54, 1.807) is 0 Å². The van der Waals surface area contributed by atoms with Crippen LogP contribution in [0.4, 0.5) is 0 Å². The number of hydrogen-bond donors (Lipinski definition) is 0. The van der Waals surface area contributed by atoms with Gasteiger partial charge in [0.05, 0.1) is 99.4 Å². The Morgan fingerprint density at radius 2 is 0.533 bits per heavy atom. The number of rotatable bonds is 9. The maximum Gasteiger partial charge on any atom is 0.159 e. The van der Waals surface area contributed by atoms with Crippen LogP contribution in [0, 0.1) is 0 Å². The number of para-hydroxylation sites is 10. The second-order valence-corrected chi connectivity index (χ2v) is 35.7. The summed E-state index contributed by atoms with van der Waals surface area (Å²) in [5.41, 5.74) is 27.1. The Hall–Kier alpha value is -18.0. The van der Waals surface area contributed by atoms with Crippen molar-refractivity contribution < 1.29 is 8.83 Å². The first kappa shape index (κ1) is 76.0. The maximum absolute atomic E-state index is 6.54. The highest BCUT2D eigenvalue weighted by atomic mass is 32.1. The lowest BCUT2D eigenvalue weighted by molar-refractivity contribution is 0.666. The summed E-state index contributed by atoms with van der Waals surface area (Å²) >= 11 is 1.88. The van der Waals surface area contributed by atoms with Gasteiger partial charge < -0.3 is 22.5 Å². The number of benzene rings is 18.